The third-order valence-corrected chi connectivity index (χ3v) is 4.29. The predicted octanol–water partition coefficient (Wildman–Crippen LogP) is 2.48. The quantitative estimate of drug-likeness (QED) is 0.252. The number of nitrogens with zero attached hydrogens (tertiary/aromatic N) is 2. The van der Waals surface area contributed by atoms with Gasteiger partial charge in [0, 0.05) is 18.6 Å². The normalized spacial score (nSPS) is 12.2. The van der Waals surface area contributed by atoms with Gasteiger partial charge in [-0.1, -0.05) is 18.2 Å². The summed E-state index contributed by atoms with van der Waals surface area (Å²) < 4.78 is 32.3. The van der Waals surface area contributed by atoms with Gasteiger partial charge in [0.05, 0.1) is 11.4 Å². The van der Waals surface area contributed by atoms with Crippen molar-refractivity contribution < 1.29 is 17.5 Å². The molecule has 0 radical (unpaired) electrons. The van der Waals surface area contributed by atoms with Crippen molar-refractivity contribution in [1.29, 1.82) is 0 Å². The van der Waals surface area contributed by atoms with Gasteiger partial charge >= 0.3 is 0 Å². The molecule has 0 saturated heterocycles. The van der Waals surface area contributed by atoms with E-state index in [1.54, 1.807) is 0 Å². The molecular weight excluding hydrogens is 326 g/mol. The Morgan fingerprint density at radius 2 is 1.83 bits per heavy atom. The van der Waals surface area contributed by atoms with Crippen LogP contribution in [0.5, 0.6) is 0 Å². The monoisotopic (exact) mass is 348 g/mol. The smallest absolute Gasteiger partial charge is 0.264 e. The molecule has 0 spiro atoms. The molecule has 128 valence electrons. The van der Waals surface area contributed by atoms with E-state index >= 15 is 0 Å². The maximum absolute atomic E-state index is 10.8. The predicted molar refractivity (Wildman–Crippen MR) is 94.6 cm³/mol. The number of aromatic nitrogens is 1. The van der Waals surface area contributed by atoms with Crippen LogP contribution in [0.3, 0.4) is 0 Å². The zero-order valence-corrected chi connectivity index (χ0v) is 14.4. The van der Waals surface area contributed by atoms with Crippen molar-refractivity contribution >= 4 is 21.5 Å². The number of hydrogen-bond donors (Lipinski definition) is 2. The first kappa shape index (κ1) is 18.1. The number of hydrogen-bond acceptors (Lipinski definition) is 4. The first-order valence-electron chi connectivity index (χ1n) is 7.75. The van der Waals surface area contributed by atoms with Gasteiger partial charge in [0.15, 0.2) is 6.20 Å². The molecule has 24 heavy (non-hydrogen) atoms. The van der Waals surface area contributed by atoms with E-state index in [4.69, 9.17) is 4.55 Å². The Bertz CT molecular complexity index is 790. The highest BCUT2D eigenvalue weighted by Gasteiger charge is 2.13. The van der Waals surface area contributed by atoms with E-state index in [0.29, 0.717) is 19.4 Å². The molecule has 2 N–H and O–H groups in total. The van der Waals surface area contributed by atoms with Crippen LogP contribution in [-0.4, -0.2) is 24.4 Å². The second-order valence-corrected chi connectivity index (χ2v) is 7.02. The van der Waals surface area contributed by atoms with Gasteiger partial charge in [-0.3, -0.25) is 9.98 Å². The van der Waals surface area contributed by atoms with Crippen LogP contribution in [0.4, 0.5) is 5.69 Å². The second-order valence-electron chi connectivity index (χ2n) is 5.45. The molecule has 0 aliphatic carbocycles. The number of hydrazone groups is 1. The van der Waals surface area contributed by atoms with Crippen molar-refractivity contribution in [3.63, 3.8) is 0 Å². The third kappa shape index (κ3) is 6.10. The number of unbranched alkanes of at least 4 members (excludes halogenated alkanes) is 1. The Morgan fingerprint density at radius 3 is 2.54 bits per heavy atom. The summed E-state index contributed by atoms with van der Waals surface area (Å²) in [5, 5.41) is 4.40. The molecule has 0 amide bonds. The van der Waals surface area contributed by atoms with E-state index < -0.39 is 10.1 Å². The molecule has 1 aromatic carbocycles. The lowest BCUT2D eigenvalue weighted by molar-refractivity contribution is -0.698. The maximum Gasteiger partial charge on any atom is 0.264 e. The SMILES string of the molecule is CC(=NNc1ccccc1)c1cccc[n+]1CCCCS(=O)(=O)O. The molecule has 0 aliphatic heterocycles. The van der Waals surface area contributed by atoms with Crippen molar-refractivity contribution in [3.05, 3.63) is 60.4 Å². The van der Waals surface area contributed by atoms with Gasteiger partial charge in [0.2, 0.25) is 5.69 Å². The lowest BCUT2D eigenvalue weighted by atomic mass is 10.2. The molecular formula is C17H22N3O3S+. The standard InChI is InChI=1S/C17H21N3O3S/c1-15(18-19-16-9-3-2-4-10-16)17-11-5-6-12-20(17)13-7-8-14-24(21,22)23/h2-6,9-12H,7-8,13-14H2,1H3,(H,21,22,23)/p+1. The van der Waals surface area contributed by atoms with Crippen LogP contribution in [-0.2, 0) is 16.7 Å². The molecule has 1 heterocycles. The Balaban J connectivity index is 2.01. The van der Waals surface area contributed by atoms with E-state index in [1.165, 1.54) is 0 Å². The summed E-state index contributed by atoms with van der Waals surface area (Å²) in [5.74, 6) is -0.210. The summed E-state index contributed by atoms with van der Waals surface area (Å²) in [7, 11) is -3.89. The molecule has 0 unspecified atom stereocenters. The third-order valence-electron chi connectivity index (χ3n) is 3.49. The molecule has 6 nitrogen and oxygen atoms in total. The summed E-state index contributed by atoms with van der Waals surface area (Å²) in [6.07, 6.45) is 3.00. The van der Waals surface area contributed by atoms with Crippen molar-refractivity contribution in [1.82, 2.24) is 0 Å². The summed E-state index contributed by atoms with van der Waals surface area (Å²) in [6, 6.07) is 15.5. The van der Waals surface area contributed by atoms with Crippen LogP contribution < -0.4 is 9.99 Å². The fraction of sp³-hybridized carbons (Fsp3) is 0.294. The number of benzene rings is 1. The molecule has 7 heteroatoms. The fourth-order valence-corrected chi connectivity index (χ4v) is 2.85. The molecule has 1 aromatic heterocycles. The fourth-order valence-electron chi connectivity index (χ4n) is 2.28. The number of anilines is 1. The summed E-state index contributed by atoms with van der Waals surface area (Å²) in [4.78, 5) is 0. The summed E-state index contributed by atoms with van der Waals surface area (Å²) in [6.45, 7) is 2.57. The van der Waals surface area contributed by atoms with Crippen molar-refractivity contribution in [2.24, 2.45) is 5.10 Å². The van der Waals surface area contributed by atoms with Crippen LogP contribution in [0, 0.1) is 0 Å². The summed E-state index contributed by atoms with van der Waals surface area (Å²) >= 11 is 0. The maximum atomic E-state index is 10.8. The van der Waals surface area contributed by atoms with E-state index in [-0.39, 0.29) is 5.75 Å². The van der Waals surface area contributed by atoms with Crippen LogP contribution in [0.2, 0.25) is 0 Å². The first-order valence-corrected chi connectivity index (χ1v) is 9.36. The average Bonchev–Trinajstić information content (AvgIpc) is 2.57. The Hall–Kier alpha value is -2.25. The van der Waals surface area contributed by atoms with Gasteiger partial charge in [0.25, 0.3) is 10.1 Å². The second kappa shape index (κ2) is 8.56. The number of pyridine rings is 1. The molecule has 0 atom stereocenters. The minimum Gasteiger partial charge on any atom is -0.286 e. The zero-order valence-electron chi connectivity index (χ0n) is 13.6. The number of rotatable bonds is 8. The molecule has 2 rings (SSSR count). The first-order chi connectivity index (χ1) is 11.5. The van der Waals surface area contributed by atoms with Gasteiger partial charge in [-0.25, -0.2) is 0 Å². The van der Waals surface area contributed by atoms with Crippen LogP contribution in [0.1, 0.15) is 25.5 Å². The molecule has 0 aliphatic rings. The van der Waals surface area contributed by atoms with Crippen LogP contribution in [0.15, 0.2) is 59.8 Å². The Morgan fingerprint density at radius 1 is 1.12 bits per heavy atom. The van der Waals surface area contributed by atoms with Crippen molar-refractivity contribution in [2.45, 2.75) is 26.3 Å². The van der Waals surface area contributed by atoms with Crippen LogP contribution >= 0.6 is 0 Å². The highest BCUT2D eigenvalue weighted by Crippen LogP contribution is 2.06. The van der Waals surface area contributed by atoms with Crippen LogP contribution in [0.25, 0.3) is 0 Å². The molecule has 0 fully saturated rings. The molecule has 0 bridgehead atoms. The molecule has 2 aromatic rings. The number of para-hydroxylation sites is 1. The minimum atomic E-state index is -3.89. The minimum absolute atomic E-state index is 0.210. The molecule has 0 saturated carbocycles. The Labute approximate surface area is 142 Å². The lowest BCUT2D eigenvalue weighted by Crippen LogP contribution is -2.40. The lowest BCUT2D eigenvalue weighted by Gasteiger charge is -2.05. The summed E-state index contributed by atoms with van der Waals surface area (Å²) in [5.41, 5.74) is 5.71. The van der Waals surface area contributed by atoms with Gasteiger partial charge < -0.3 is 0 Å². The Kier molecular flexibility index (Phi) is 6.45. The van der Waals surface area contributed by atoms with E-state index in [9.17, 15) is 8.42 Å². The topological polar surface area (TPSA) is 82.6 Å². The van der Waals surface area contributed by atoms with Crippen molar-refractivity contribution in [3.8, 4) is 0 Å². The highest BCUT2D eigenvalue weighted by atomic mass is 32.2. The zero-order chi connectivity index (χ0) is 17.4. The van der Waals surface area contributed by atoms with E-state index in [0.717, 1.165) is 17.1 Å². The van der Waals surface area contributed by atoms with E-state index in [1.807, 2.05) is 66.2 Å². The number of nitrogens with one attached hydrogen (secondary N) is 1. The van der Waals surface area contributed by atoms with Gasteiger partial charge in [-0.05, 0) is 31.5 Å². The van der Waals surface area contributed by atoms with Crippen molar-refractivity contribution in [2.75, 3.05) is 11.2 Å². The van der Waals surface area contributed by atoms with E-state index in [2.05, 4.69) is 10.5 Å². The average molecular weight is 348 g/mol. The highest BCUT2D eigenvalue weighted by molar-refractivity contribution is 7.85. The number of aryl methyl sites for hydroxylation is 1. The van der Waals surface area contributed by atoms with Gasteiger partial charge in [-0.15, -0.1) is 0 Å². The van der Waals surface area contributed by atoms with Gasteiger partial charge in [-0.2, -0.15) is 18.1 Å². The largest absolute Gasteiger partial charge is 0.286 e. The van der Waals surface area contributed by atoms with Gasteiger partial charge in [0.1, 0.15) is 12.3 Å².